The van der Waals surface area contributed by atoms with Crippen LogP contribution >= 0.6 is 0 Å². The molecule has 2 aliphatic rings. The van der Waals surface area contributed by atoms with Gasteiger partial charge in [-0.15, -0.1) is 20.4 Å². The molecule has 0 atom stereocenters. The fraction of sp³-hybridized carbons (Fsp3) is 0. The van der Waals surface area contributed by atoms with Crippen LogP contribution in [0.4, 0.5) is 0 Å². The van der Waals surface area contributed by atoms with E-state index >= 15 is 0 Å². The molecule has 0 radical (unpaired) electrons. The molecule has 8 heavy (non-hydrogen) atoms. The van der Waals surface area contributed by atoms with Crippen molar-refractivity contribution in [2.45, 2.75) is 0 Å². The average Bonchev–Trinajstić information content (AvgIpc) is 1.80. The van der Waals surface area contributed by atoms with Crippen LogP contribution in [-0.4, -0.2) is 20.4 Å². The topological polar surface area (TPSA) is 68.6 Å². The molecule has 2 heterocycles. The van der Waals surface area contributed by atoms with Gasteiger partial charge in [0.1, 0.15) is 0 Å². The number of rotatable bonds is 0. The van der Waals surface area contributed by atoms with E-state index in [1.807, 2.05) is 0 Å². The summed E-state index contributed by atoms with van der Waals surface area (Å²) in [6.45, 7) is 0. The van der Waals surface area contributed by atoms with Gasteiger partial charge < -0.3 is 0 Å². The molecule has 0 spiro atoms. The quantitative estimate of drug-likeness (QED) is 0.399. The first kappa shape index (κ1) is 3.59. The van der Waals surface area contributed by atoms with Crippen LogP contribution in [0.1, 0.15) is 0 Å². The summed E-state index contributed by atoms with van der Waals surface area (Å²) in [4.78, 5) is 10.4. The third-order valence-corrected chi connectivity index (χ3v) is 0.895. The molecule has 5 heteroatoms. The lowest BCUT2D eigenvalue weighted by atomic mass is 10.6. The van der Waals surface area contributed by atoms with Crippen LogP contribution in [0.2, 0.25) is 0 Å². The van der Waals surface area contributed by atoms with E-state index in [1.165, 1.54) is 0 Å². The van der Waals surface area contributed by atoms with Crippen molar-refractivity contribution in [1.82, 2.24) is 20.4 Å². The molecule has 0 amide bonds. The average molecular weight is 108 g/mol. The van der Waals surface area contributed by atoms with Gasteiger partial charge in [0.2, 0.25) is 10.8 Å². The van der Waals surface area contributed by atoms with Gasteiger partial charge in [0.05, 0.1) is 0 Å². The lowest BCUT2D eigenvalue weighted by molar-refractivity contribution is 0.846. The standard InChI is InChI=1S/C3N4O/c8-3-1-2(5-4-1)6-7-3. The fourth-order valence-electron chi connectivity index (χ4n) is 0.491. The lowest BCUT2D eigenvalue weighted by Gasteiger charge is -1.74. The largest absolute Gasteiger partial charge is 0.320 e. The van der Waals surface area contributed by atoms with Crippen molar-refractivity contribution in [2.75, 3.05) is 0 Å². The molecule has 0 aliphatic carbocycles. The highest BCUT2D eigenvalue weighted by molar-refractivity contribution is 4.84. The second-order valence-corrected chi connectivity index (χ2v) is 1.38. The van der Waals surface area contributed by atoms with Crippen molar-refractivity contribution in [2.24, 2.45) is 0 Å². The molecule has 0 fully saturated rings. The summed E-state index contributed by atoms with van der Waals surface area (Å²) < 4.78 is 0. The first-order valence-electron chi connectivity index (χ1n) is 2.00. The van der Waals surface area contributed by atoms with Crippen LogP contribution in [0.5, 0.6) is 0 Å². The maximum Gasteiger partial charge on any atom is 0.320 e. The molecule has 0 N–H and O–H groups in total. The Hall–Kier alpha value is -1.39. The van der Waals surface area contributed by atoms with Crippen LogP contribution in [0, 0.1) is 10.8 Å². The molecule has 0 aromatic carbocycles. The third kappa shape index (κ3) is 0.218. The van der Waals surface area contributed by atoms with E-state index in [0.29, 0.717) is 10.8 Å². The minimum atomic E-state index is -0.380. The maximum atomic E-state index is 10.4. The van der Waals surface area contributed by atoms with Crippen molar-refractivity contribution in [1.29, 1.82) is 0 Å². The Balaban J connectivity index is 3.31. The van der Waals surface area contributed by atoms with Crippen molar-refractivity contribution >= 4 is 0 Å². The summed E-state index contributed by atoms with van der Waals surface area (Å²) in [6, 6.07) is 0. The predicted octanol–water partition coefficient (Wildman–Crippen LogP) is -1.77. The van der Waals surface area contributed by atoms with Gasteiger partial charge in [0.25, 0.3) is 0 Å². The molecule has 0 saturated carbocycles. The van der Waals surface area contributed by atoms with Gasteiger partial charge >= 0.3 is 5.56 Å². The van der Waals surface area contributed by atoms with Crippen molar-refractivity contribution in [3.8, 4) is 0 Å². The molecular formula is C3N4O. The third-order valence-electron chi connectivity index (χ3n) is 0.895. The highest BCUT2D eigenvalue weighted by Gasteiger charge is 2.02. The van der Waals surface area contributed by atoms with Gasteiger partial charge in [-0.3, -0.25) is 4.79 Å². The minimum Gasteiger partial charge on any atom is -0.263 e. The summed E-state index contributed by atoms with van der Waals surface area (Å²) in [6.07, 6.45) is 0. The fourth-order valence-corrected chi connectivity index (χ4v) is 0.491. The number of hydrogen-bond acceptors (Lipinski definition) is 5. The minimum absolute atomic E-state index is 0.296. The Bertz CT molecular complexity index is 372. The highest BCUT2D eigenvalue weighted by atomic mass is 16.1. The molecule has 2 rings (SSSR count). The second-order valence-electron chi connectivity index (χ2n) is 1.38. The van der Waals surface area contributed by atoms with E-state index in [0.717, 1.165) is 0 Å². The zero-order valence-electron chi connectivity index (χ0n) is 3.70. The lowest BCUT2D eigenvalue weighted by Crippen LogP contribution is -2.05. The van der Waals surface area contributed by atoms with Crippen LogP contribution in [0.15, 0.2) is 4.79 Å². The maximum absolute atomic E-state index is 10.4. The van der Waals surface area contributed by atoms with Gasteiger partial charge in [-0.25, -0.2) is 0 Å². The zero-order chi connectivity index (χ0) is 5.56. The molecule has 5 nitrogen and oxygen atoms in total. The summed E-state index contributed by atoms with van der Waals surface area (Å²) >= 11 is 0. The Morgan fingerprint density at radius 3 is 2.00 bits per heavy atom. The summed E-state index contributed by atoms with van der Waals surface area (Å²) in [5.41, 5.74) is -0.00926. The van der Waals surface area contributed by atoms with Gasteiger partial charge in [-0.05, 0) is 0 Å². The van der Waals surface area contributed by atoms with Crippen LogP contribution < -0.4 is 5.56 Å². The number of hydrogen-bond donors (Lipinski definition) is 0. The van der Waals surface area contributed by atoms with Gasteiger partial charge in [0, 0.05) is 0 Å². The van der Waals surface area contributed by atoms with Gasteiger partial charge in [-0.1, -0.05) is 0 Å². The molecule has 0 unspecified atom stereocenters. The van der Waals surface area contributed by atoms with E-state index in [-0.39, 0.29) is 5.56 Å². The Morgan fingerprint density at radius 1 is 1.00 bits per heavy atom. The first-order chi connectivity index (χ1) is 3.88. The van der Waals surface area contributed by atoms with Gasteiger partial charge in [0.15, 0.2) is 0 Å². The smallest absolute Gasteiger partial charge is 0.263 e. The van der Waals surface area contributed by atoms with Crippen LogP contribution in [0.3, 0.4) is 0 Å². The number of aromatic nitrogens is 4. The molecule has 38 valence electrons. The SMILES string of the molecule is O=c1nnc2nnc1=2. The van der Waals surface area contributed by atoms with E-state index in [9.17, 15) is 4.79 Å². The van der Waals surface area contributed by atoms with Gasteiger partial charge in [-0.2, -0.15) is 0 Å². The molecule has 0 saturated heterocycles. The van der Waals surface area contributed by atoms with E-state index in [2.05, 4.69) is 20.4 Å². The molecular weight excluding hydrogens is 108 g/mol. The summed E-state index contributed by atoms with van der Waals surface area (Å²) in [5.74, 6) is 0. The van der Waals surface area contributed by atoms with Crippen LogP contribution in [0.25, 0.3) is 0 Å². The summed E-state index contributed by atoms with van der Waals surface area (Å²) in [5, 5.41) is 13.6. The van der Waals surface area contributed by atoms with Crippen molar-refractivity contribution < 1.29 is 0 Å². The van der Waals surface area contributed by atoms with E-state index < -0.39 is 0 Å². The normalized spacial score (nSPS) is 11.0. The molecule has 0 aromatic rings. The molecule has 0 bridgehead atoms. The molecule has 0 aromatic heterocycles. The van der Waals surface area contributed by atoms with Crippen molar-refractivity contribution in [3.05, 3.63) is 21.2 Å². The van der Waals surface area contributed by atoms with E-state index in [4.69, 9.17) is 0 Å². The second kappa shape index (κ2) is 0.885. The van der Waals surface area contributed by atoms with Crippen molar-refractivity contribution in [3.63, 3.8) is 0 Å². The van der Waals surface area contributed by atoms with E-state index in [1.54, 1.807) is 0 Å². The first-order valence-corrected chi connectivity index (χ1v) is 2.00. The van der Waals surface area contributed by atoms with Crippen LogP contribution in [-0.2, 0) is 0 Å². The monoisotopic (exact) mass is 108 g/mol. The highest BCUT2D eigenvalue weighted by Crippen LogP contribution is 1.76. The predicted molar refractivity (Wildman–Crippen MR) is 21.6 cm³/mol. The Morgan fingerprint density at radius 2 is 1.75 bits per heavy atom. The zero-order valence-corrected chi connectivity index (χ0v) is 3.70. The molecule has 2 aliphatic heterocycles. The number of nitrogens with zero attached hydrogens (tertiary/aromatic N) is 4. The summed E-state index contributed by atoms with van der Waals surface area (Å²) in [7, 11) is 0. The Kier molecular flexibility index (Phi) is 0.397. The Labute approximate surface area is 42.7 Å².